The van der Waals surface area contributed by atoms with Crippen molar-refractivity contribution in [2.75, 3.05) is 19.8 Å². The molecule has 0 fully saturated rings. The van der Waals surface area contributed by atoms with Crippen molar-refractivity contribution < 1.29 is 23.1 Å². The fraction of sp³-hybridized carbons (Fsp3) is 0.923. The summed E-state index contributed by atoms with van der Waals surface area (Å²) >= 11 is 0. The zero-order valence-corrected chi connectivity index (χ0v) is 13.4. The molecule has 0 unspecified atom stereocenters. The first-order chi connectivity index (χ1) is 9.05. The van der Waals surface area contributed by atoms with Gasteiger partial charge in [-0.1, -0.05) is 26.2 Å². The molecule has 0 saturated heterocycles. The lowest BCUT2D eigenvalue weighted by Crippen LogP contribution is -2.26. The summed E-state index contributed by atoms with van der Waals surface area (Å²) in [5.74, 6) is -0.483. The van der Waals surface area contributed by atoms with Gasteiger partial charge >= 0.3 is 13.6 Å². The standard InChI is InChI=1S/C13H27O5P/c1-5-9-10-11-12(13(14)16-6-2)19(15,17-7-3)18-8-4/h12H,5-11H2,1-4H3/t12-/m0/s1. The van der Waals surface area contributed by atoms with Crippen LogP contribution in [0.25, 0.3) is 0 Å². The second-order valence-corrected chi connectivity index (χ2v) is 6.36. The minimum Gasteiger partial charge on any atom is -0.465 e. The van der Waals surface area contributed by atoms with E-state index in [9.17, 15) is 9.36 Å². The van der Waals surface area contributed by atoms with E-state index in [-0.39, 0.29) is 19.8 Å². The maximum absolute atomic E-state index is 12.7. The van der Waals surface area contributed by atoms with E-state index < -0.39 is 19.2 Å². The molecule has 0 aromatic heterocycles. The molecule has 0 aromatic carbocycles. The normalized spacial score (nSPS) is 13.3. The molecule has 0 N–H and O–H groups in total. The van der Waals surface area contributed by atoms with Crippen LogP contribution in [0.3, 0.4) is 0 Å². The highest BCUT2D eigenvalue weighted by Crippen LogP contribution is 2.55. The van der Waals surface area contributed by atoms with E-state index in [2.05, 4.69) is 6.92 Å². The highest BCUT2D eigenvalue weighted by atomic mass is 31.2. The third-order valence-electron chi connectivity index (χ3n) is 2.64. The summed E-state index contributed by atoms with van der Waals surface area (Å²) in [6.07, 6.45) is 3.30. The van der Waals surface area contributed by atoms with E-state index in [1.165, 1.54) is 0 Å². The SMILES string of the molecule is CCCCC[C@@H](C(=O)OCC)P(=O)(OCC)OCC. The van der Waals surface area contributed by atoms with Gasteiger partial charge in [0.25, 0.3) is 0 Å². The molecule has 0 radical (unpaired) electrons. The Morgan fingerprint density at radius 2 is 1.58 bits per heavy atom. The third-order valence-corrected chi connectivity index (χ3v) is 5.11. The van der Waals surface area contributed by atoms with Crippen LogP contribution in [-0.4, -0.2) is 31.4 Å². The molecule has 0 rings (SSSR count). The predicted molar refractivity (Wildman–Crippen MR) is 75.4 cm³/mol. The molecular formula is C13H27O5P. The minimum absolute atomic E-state index is 0.251. The van der Waals surface area contributed by atoms with E-state index >= 15 is 0 Å². The molecule has 0 saturated carbocycles. The van der Waals surface area contributed by atoms with Crippen LogP contribution in [0.5, 0.6) is 0 Å². The van der Waals surface area contributed by atoms with Gasteiger partial charge in [0, 0.05) is 0 Å². The van der Waals surface area contributed by atoms with Crippen molar-refractivity contribution in [3.8, 4) is 0 Å². The average Bonchev–Trinajstić information content (AvgIpc) is 2.35. The van der Waals surface area contributed by atoms with Crippen LogP contribution in [0.4, 0.5) is 0 Å². The number of hydrogen-bond acceptors (Lipinski definition) is 5. The number of hydrogen-bond donors (Lipinski definition) is 0. The Kier molecular flexibility index (Phi) is 10.2. The summed E-state index contributed by atoms with van der Waals surface area (Å²) in [5, 5.41) is 0. The van der Waals surface area contributed by atoms with Gasteiger partial charge in [-0.05, 0) is 27.2 Å². The van der Waals surface area contributed by atoms with Crippen molar-refractivity contribution in [3.05, 3.63) is 0 Å². The van der Waals surface area contributed by atoms with Crippen LogP contribution in [-0.2, 0) is 23.1 Å². The molecule has 0 aliphatic carbocycles. The Hall–Kier alpha value is -0.380. The summed E-state index contributed by atoms with van der Waals surface area (Å²) < 4.78 is 28.2. The molecule has 5 nitrogen and oxygen atoms in total. The molecule has 1 atom stereocenters. The summed E-state index contributed by atoms with van der Waals surface area (Å²) in [6.45, 7) is 8.04. The van der Waals surface area contributed by atoms with E-state index in [0.717, 1.165) is 19.3 Å². The van der Waals surface area contributed by atoms with Crippen molar-refractivity contribution in [2.45, 2.75) is 59.0 Å². The second kappa shape index (κ2) is 10.4. The van der Waals surface area contributed by atoms with Crippen molar-refractivity contribution in [2.24, 2.45) is 0 Å². The first-order valence-corrected chi connectivity index (χ1v) is 8.72. The maximum atomic E-state index is 12.7. The van der Waals surface area contributed by atoms with Gasteiger partial charge < -0.3 is 13.8 Å². The molecule has 0 aromatic rings. The molecule has 0 amide bonds. The summed E-state index contributed by atoms with van der Waals surface area (Å²) in [6, 6.07) is 0. The summed E-state index contributed by atoms with van der Waals surface area (Å²) in [7, 11) is -3.43. The average molecular weight is 294 g/mol. The number of carbonyl (C=O) groups excluding carboxylic acids is 1. The van der Waals surface area contributed by atoms with Crippen molar-refractivity contribution >= 4 is 13.6 Å². The van der Waals surface area contributed by atoms with Crippen LogP contribution in [0.2, 0.25) is 0 Å². The van der Waals surface area contributed by atoms with Gasteiger partial charge in [0.1, 0.15) is 0 Å². The van der Waals surface area contributed by atoms with E-state index in [0.29, 0.717) is 6.42 Å². The van der Waals surface area contributed by atoms with Crippen LogP contribution in [0.15, 0.2) is 0 Å². The molecule has 0 aliphatic heterocycles. The molecule has 0 heterocycles. The molecular weight excluding hydrogens is 267 g/mol. The van der Waals surface area contributed by atoms with E-state index in [1.54, 1.807) is 20.8 Å². The Bertz CT molecular complexity index is 283. The summed E-state index contributed by atoms with van der Waals surface area (Å²) in [5.41, 5.74) is -0.807. The third kappa shape index (κ3) is 6.55. The molecule has 6 heteroatoms. The predicted octanol–water partition coefficient (Wildman–Crippen LogP) is 3.76. The van der Waals surface area contributed by atoms with E-state index in [1.807, 2.05) is 0 Å². The van der Waals surface area contributed by atoms with Gasteiger partial charge in [-0.2, -0.15) is 0 Å². The Labute approximate surface area is 116 Å². The quantitative estimate of drug-likeness (QED) is 0.330. The highest BCUT2D eigenvalue weighted by Gasteiger charge is 2.41. The lowest BCUT2D eigenvalue weighted by atomic mass is 10.1. The lowest BCUT2D eigenvalue weighted by Gasteiger charge is -2.24. The molecule has 0 bridgehead atoms. The van der Waals surface area contributed by atoms with Crippen LogP contribution < -0.4 is 0 Å². The number of unbranched alkanes of at least 4 members (excludes halogenated alkanes) is 2. The van der Waals surface area contributed by atoms with Gasteiger partial charge in [0.2, 0.25) is 0 Å². The van der Waals surface area contributed by atoms with Crippen molar-refractivity contribution in [3.63, 3.8) is 0 Å². The van der Waals surface area contributed by atoms with Gasteiger partial charge in [0.15, 0.2) is 5.66 Å². The lowest BCUT2D eigenvalue weighted by molar-refractivity contribution is -0.143. The Balaban J connectivity index is 4.92. The van der Waals surface area contributed by atoms with Gasteiger partial charge in [-0.25, -0.2) is 0 Å². The zero-order valence-electron chi connectivity index (χ0n) is 12.5. The van der Waals surface area contributed by atoms with Crippen LogP contribution in [0.1, 0.15) is 53.4 Å². The molecule has 0 aliphatic rings. The minimum atomic E-state index is -3.43. The molecule has 19 heavy (non-hydrogen) atoms. The number of ether oxygens (including phenoxy) is 1. The van der Waals surface area contributed by atoms with Gasteiger partial charge in [-0.3, -0.25) is 9.36 Å². The zero-order chi connectivity index (χ0) is 14.7. The van der Waals surface area contributed by atoms with Crippen molar-refractivity contribution in [1.82, 2.24) is 0 Å². The number of carbonyl (C=O) groups is 1. The largest absolute Gasteiger partial charge is 0.465 e. The first kappa shape index (κ1) is 18.6. The molecule has 114 valence electrons. The van der Waals surface area contributed by atoms with Crippen molar-refractivity contribution in [1.29, 1.82) is 0 Å². The van der Waals surface area contributed by atoms with Crippen LogP contribution in [0, 0.1) is 0 Å². The second-order valence-electron chi connectivity index (χ2n) is 4.14. The maximum Gasteiger partial charge on any atom is 0.344 e. The van der Waals surface area contributed by atoms with Crippen LogP contribution >= 0.6 is 7.60 Å². The first-order valence-electron chi connectivity index (χ1n) is 7.11. The fourth-order valence-corrected chi connectivity index (χ4v) is 3.79. The Morgan fingerprint density at radius 1 is 1.00 bits per heavy atom. The van der Waals surface area contributed by atoms with E-state index in [4.69, 9.17) is 13.8 Å². The topological polar surface area (TPSA) is 61.8 Å². The number of esters is 1. The fourth-order valence-electron chi connectivity index (χ4n) is 1.81. The Morgan fingerprint density at radius 3 is 2.00 bits per heavy atom. The highest BCUT2D eigenvalue weighted by molar-refractivity contribution is 7.55. The van der Waals surface area contributed by atoms with Gasteiger partial charge in [0.05, 0.1) is 19.8 Å². The monoisotopic (exact) mass is 294 g/mol. The molecule has 0 spiro atoms. The number of rotatable bonds is 11. The smallest absolute Gasteiger partial charge is 0.344 e. The van der Waals surface area contributed by atoms with Gasteiger partial charge in [-0.15, -0.1) is 0 Å². The summed E-state index contributed by atoms with van der Waals surface area (Å²) in [4.78, 5) is 12.0.